The molecule has 0 saturated heterocycles. The molecule has 1 N–H and O–H groups in total. The van der Waals surface area contributed by atoms with Crippen LogP contribution in [0.2, 0.25) is 0 Å². The summed E-state index contributed by atoms with van der Waals surface area (Å²) in [5, 5.41) is 9.31. The lowest BCUT2D eigenvalue weighted by Crippen LogP contribution is -2.31. The molecule has 0 amide bonds. The van der Waals surface area contributed by atoms with Crippen LogP contribution >= 0.6 is 22.6 Å². The van der Waals surface area contributed by atoms with Crippen LogP contribution in [0.15, 0.2) is 10.2 Å². The Morgan fingerprint density at radius 1 is 1.62 bits per heavy atom. The number of aliphatic hydroxyl groups excluding tert-OH is 1. The van der Waals surface area contributed by atoms with Crippen molar-refractivity contribution in [3.63, 3.8) is 0 Å². The van der Waals surface area contributed by atoms with E-state index in [-0.39, 0.29) is 6.42 Å². The number of aliphatic hydroxyl groups is 1. The molecule has 0 rings (SSSR count). The predicted octanol–water partition coefficient (Wildman–Crippen LogP) is 2.03. The molecule has 4 heteroatoms. The number of halogens is 1. The van der Waals surface area contributed by atoms with Crippen LogP contribution in [0.5, 0.6) is 0 Å². The third-order valence-electron chi connectivity index (χ3n) is 1.09. The van der Waals surface area contributed by atoms with Crippen LogP contribution in [0.3, 0.4) is 0 Å². The van der Waals surface area contributed by atoms with E-state index < -0.39 is 17.7 Å². The Hall–Kier alpha value is -0.100. The molecular formula is C9H15IO3. The molecule has 0 aromatic carbocycles. The predicted molar refractivity (Wildman–Crippen MR) is 59.6 cm³/mol. The fourth-order valence-electron chi connectivity index (χ4n) is 0.663. The second-order valence-electron chi connectivity index (χ2n) is 3.77. The lowest BCUT2D eigenvalue weighted by molar-refractivity contribution is -0.164. The highest BCUT2D eigenvalue weighted by Gasteiger charge is 2.23. The number of esters is 1. The van der Waals surface area contributed by atoms with Gasteiger partial charge in [0.05, 0.1) is 0 Å². The van der Waals surface area contributed by atoms with E-state index in [0.29, 0.717) is 0 Å². The van der Waals surface area contributed by atoms with Gasteiger partial charge in [0.2, 0.25) is 0 Å². The van der Waals surface area contributed by atoms with E-state index >= 15 is 0 Å². The van der Waals surface area contributed by atoms with Crippen LogP contribution in [0.4, 0.5) is 0 Å². The van der Waals surface area contributed by atoms with Gasteiger partial charge in [-0.3, -0.25) is 0 Å². The maximum atomic E-state index is 11.2. The summed E-state index contributed by atoms with van der Waals surface area (Å²) in [6, 6.07) is 0. The summed E-state index contributed by atoms with van der Waals surface area (Å²) >= 11 is 1.97. The Kier molecular flexibility index (Phi) is 4.91. The van der Waals surface area contributed by atoms with E-state index in [1.807, 2.05) is 22.6 Å². The SMILES string of the molecule is C=C(I)CC(O)C(=O)OC(C)(C)C. The van der Waals surface area contributed by atoms with Crippen LogP contribution in [-0.4, -0.2) is 22.8 Å². The van der Waals surface area contributed by atoms with Crippen molar-refractivity contribution in [1.29, 1.82) is 0 Å². The van der Waals surface area contributed by atoms with Crippen molar-refractivity contribution in [3.05, 3.63) is 10.2 Å². The van der Waals surface area contributed by atoms with Gasteiger partial charge < -0.3 is 9.84 Å². The zero-order chi connectivity index (χ0) is 10.6. The van der Waals surface area contributed by atoms with Gasteiger partial charge in [0.25, 0.3) is 0 Å². The number of carbonyl (C=O) groups is 1. The lowest BCUT2D eigenvalue weighted by Gasteiger charge is -2.21. The Labute approximate surface area is 92.3 Å². The minimum Gasteiger partial charge on any atom is -0.458 e. The van der Waals surface area contributed by atoms with Gasteiger partial charge in [-0.15, -0.1) is 0 Å². The maximum absolute atomic E-state index is 11.2. The second-order valence-corrected chi connectivity index (χ2v) is 5.30. The molecule has 0 heterocycles. The Bertz CT molecular complexity index is 205. The first-order chi connectivity index (χ1) is 5.72. The van der Waals surface area contributed by atoms with Gasteiger partial charge in [-0.2, -0.15) is 0 Å². The van der Waals surface area contributed by atoms with Gasteiger partial charge in [0.15, 0.2) is 6.10 Å². The molecule has 1 unspecified atom stereocenters. The zero-order valence-corrected chi connectivity index (χ0v) is 10.3. The fraction of sp³-hybridized carbons (Fsp3) is 0.667. The molecule has 0 aromatic rings. The van der Waals surface area contributed by atoms with Crippen LogP contribution in [0, 0.1) is 0 Å². The fourth-order valence-corrected chi connectivity index (χ4v) is 1.08. The van der Waals surface area contributed by atoms with Crippen molar-refractivity contribution in [2.75, 3.05) is 0 Å². The van der Waals surface area contributed by atoms with Crippen molar-refractivity contribution in [2.24, 2.45) is 0 Å². The molecule has 0 saturated carbocycles. The standard InChI is InChI=1S/C9H15IO3/c1-6(10)5-7(11)8(12)13-9(2,3)4/h7,11H,1,5H2,2-4H3. The number of carbonyl (C=O) groups excluding carboxylic acids is 1. The highest BCUT2D eigenvalue weighted by molar-refractivity contribution is 14.1. The van der Waals surface area contributed by atoms with Gasteiger partial charge in [0, 0.05) is 6.42 Å². The Morgan fingerprint density at radius 3 is 2.38 bits per heavy atom. The average molecular weight is 298 g/mol. The van der Waals surface area contributed by atoms with E-state index in [9.17, 15) is 9.90 Å². The lowest BCUT2D eigenvalue weighted by atomic mass is 10.2. The topological polar surface area (TPSA) is 46.5 Å². The van der Waals surface area contributed by atoms with E-state index in [1.165, 1.54) is 0 Å². The molecule has 0 radical (unpaired) electrons. The number of ether oxygens (including phenoxy) is 1. The van der Waals surface area contributed by atoms with Crippen LogP contribution in [-0.2, 0) is 9.53 Å². The highest BCUT2D eigenvalue weighted by Crippen LogP contribution is 2.14. The third-order valence-corrected chi connectivity index (χ3v) is 1.53. The van der Waals surface area contributed by atoms with E-state index in [2.05, 4.69) is 6.58 Å². The van der Waals surface area contributed by atoms with Crippen molar-refractivity contribution in [2.45, 2.75) is 38.9 Å². The molecule has 0 aromatic heterocycles. The molecule has 0 aliphatic heterocycles. The van der Waals surface area contributed by atoms with Crippen molar-refractivity contribution < 1.29 is 14.6 Å². The molecule has 0 spiro atoms. The average Bonchev–Trinajstić information content (AvgIpc) is 1.81. The van der Waals surface area contributed by atoms with Crippen molar-refractivity contribution >= 4 is 28.6 Å². The summed E-state index contributed by atoms with van der Waals surface area (Å²) in [6.07, 6.45) is -0.848. The molecule has 0 aliphatic rings. The number of hydrogen-bond donors (Lipinski definition) is 1. The number of rotatable bonds is 3. The van der Waals surface area contributed by atoms with Crippen LogP contribution < -0.4 is 0 Å². The van der Waals surface area contributed by atoms with E-state index in [4.69, 9.17) is 4.74 Å². The quantitative estimate of drug-likeness (QED) is 0.640. The third kappa shape index (κ3) is 7.01. The van der Waals surface area contributed by atoms with Crippen LogP contribution in [0.1, 0.15) is 27.2 Å². The van der Waals surface area contributed by atoms with Crippen molar-refractivity contribution in [1.82, 2.24) is 0 Å². The molecule has 3 nitrogen and oxygen atoms in total. The summed E-state index contributed by atoms with van der Waals surface area (Å²) in [7, 11) is 0. The maximum Gasteiger partial charge on any atom is 0.335 e. The normalized spacial score (nSPS) is 13.6. The molecule has 1 atom stereocenters. The smallest absolute Gasteiger partial charge is 0.335 e. The van der Waals surface area contributed by atoms with Gasteiger partial charge in [-0.1, -0.05) is 6.58 Å². The van der Waals surface area contributed by atoms with Gasteiger partial charge >= 0.3 is 5.97 Å². The minimum absolute atomic E-state index is 0.246. The molecule has 13 heavy (non-hydrogen) atoms. The second kappa shape index (κ2) is 4.95. The molecule has 0 bridgehead atoms. The van der Waals surface area contributed by atoms with Crippen molar-refractivity contribution in [3.8, 4) is 0 Å². The summed E-state index contributed by atoms with van der Waals surface area (Å²) in [4.78, 5) is 11.2. The largest absolute Gasteiger partial charge is 0.458 e. The summed E-state index contributed by atoms with van der Waals surface area (Å²) < 4.78 is 5.70. The summed E-state index contributed by atoms with van der Waals surface area (Å²) in [6.45, 7) is 8.87. The van der Waals surface area contributed by atoms with E-state index in [0.717, 1.165) is 3.58 Å². The molecule has 76 valence electrons. The first kappa shape index (κ1) is 12.9. The highest BCUT2D eigenvalue weighted by atomic mass is 127. The Morgan fingerprint density at radius 2 is 2.08 bits per heavy atom. The van der Waals surface area contributed by atoms with Crippen LogP contribution in [0.25, 0.3) is 0 Å². The first-order valence-corrected chi connectivity index (χ1v) is 5.04. The summed E-state index contributed by atoms with van der Waals surface area (Å²) in [5.41, 5.74) is -0.551. The molecular weight excluding hydrogens is 283 g/mol. The van der Waals surface area contributed by atoms with Gasteiger partial charge in [0.1, 0.15) is 5.60 Å². The number of hydrogen-bond acceptors (Lipinski definition) is 3. The molecule has 0 aliphatic carbocycles. The summed E-state index contributed by atoms with van der Waals surface area (Å²) in [5.74, 6) is -0.592. The monoisotopic (exact) mass is 298 g/mol. The zero-order valence-electron chi connectivity index (χ0n) is 8.13. The van der Waals surface area contributed by atoms with Gasteiger partial charge in [-0.25, -0.2) is 4.79 Å². The molecule has 0 fully saturated rings. The van der Waals surface area contributed by atoms with Gasteiger partial charge in [-0.05, 0) is 46.9 Å². The van der Waals surface area contributed by atoms with E-state index in [1.54, 1.807) is 20.8 Å². The first-order valence-electron chi connectivity index (χ1n) is 3.96. The Balaban J connectivity index is 4.05. The minimum atomic E-state index is -1.09.